The molecule has 4 rings (SSSR count). The number of hydrogen-bond donors (Lipinski definition) is 0. The van der Waals surface area contributed by atoms with Crippen molar-refractivity contribution in [2.45, 2.75) is 12.8 Å². The average Bonchev–Trinajstić information content (AvgIpc) is 2.52. The highest BCUT2D eigenvalue weighted by Crippen LogP contribution is 2.43. The molecule has 2 aromatic rings. The molecular weight excluding hydrogens is 262 g/mol. The van der Waals surface area contributed by atoms with Crippen LogP contribution in [0.25, 0.3) is 10.9 Å². The predicted molar refractivity (Wildman–Crippen MR) is 82.8 cm³/mol. The summed E-state index contributed by atoms with van der Waals surface area (Å²) in [7, 11) is 1.77. The van der Waals surface area contributed by atoms with Gasteiger partial charge in [0.25, 0.3) is 5.56 Å². The van der Waals surface area contributed by atoms with E-state index in [1.54, 1.807) is 11.6 Å². The Morgan fingerprint density at radius 3 is 2.52 bits per heavy atom. The number of rotatable bonds is 0. The van der Waals surface area contributed by atoms with Crippen LogP contribution in [0.4, 0.5) is 0 Å². The van der Waals surface area contributed by atoms with E-state index in [9.17, 15) is 9.59 Å². The number of aromatic nitrogens is 1. The first-order valence-electron chi connectivity index (χ1n) is 7.12. The van der Waals surface area contributed by atoms with Crippen LogP contribution in [0.1, 0.15) is 27.4 Å². The van der Waals surface area contributed by atoms with Crippen LogP contribution in [-0.2, 0) is 7.05 Å². The number of hydrogen-bond acceptors (Lipinski definition) is 2. The molecule has 0 saturated carbocycles. The SMILES string of the molecule is Cc1c2c3c(cccc3n(C)c1=O)C(=O)C1C=CC=CC21. The molecule has 0 spiro atoms. The first-order chi connectivity index (χ1) is 10.1. The zero-order valence-corrected chi connectivity index (χ0v) is 12.0. The van der Waals surface area contributed by atoms with Crippen molar-refractivity contribution in [1.82, 2.24) is 4.57 Å². The molecule has 0 fully saturated rings. The van der Waals surface area contributed by atoms with E-state index in [1.165, 1.54) is 0 Å². The van der Waals surface area contributed by atoms with Gasteiger partial charge in [0.1, 0.15) is 0 Å². The second kappa shape index (κ2) is 4.04. The summed E-state index contributed by atoms with van der Waals surface area (Å²) in [6.45, 7) is 1.87. The van der Waals surface area contributed by atoms with Gasteiger partial charge in [0.15, 0.2) is 5.78 Å². The topological polar surface area (TPSA) is 39.1 Å². The van der Waals surface area contributed by atoms with E-state index in [-0.39, 0.29) is 23.2 Å². The first-order valence-corrected chi connectivity index (χ1v) is 7.12. The monoisotopic (exact) mass is 277 g/mol. The maximum Gasteiger partial charge on any atom is 0.253 e. The Morgan fingerprint density at radius 1 is 1.05 bits per heavy atom. The van der Waals surface area contributed by atoms with Crippen LogP contribution in [0.5, 0.6) is 0 Å². The third kappa shape index (κ3) is 1.43. The van der Waals surface area contributed by atoms with Gasteiger partial charge in [-0.2, -0.15) is 0 Å². The second-order valence-corrected chi connectivity index (χ2v) is 5.79. The number of fused-ring (bicyclic) bond motifs is 2. The molecule has 0 amide bonds. The smallest absolute Gasteiger partial charge is 0.253 e. The van der Waals surface area contributed by atoms with Crippen LogP contribution in [0.15, 0.2) is 47.3 Å². The van der Waals surface area contributed by atoms with E-state index in [2.05, 4.69) is 0 Å². The van der Waals surface area contributed by atoms with Crippen LogP contribution in [-0.4, -0.2) is 10.4 Å². The largest absolute Gasteiger partial charge is 0.311 e. The number of nitrogens with zero attached hydrogens (tertiary/aromatic N) is 1. The van der Waals surface area contributed by atoms with Crippen molar-refractivity contribution in [2.24, 2.45) is 13.0 Å². The maximum atomic E-state index is 12.8. The van der Waals surface area contributed by atoms with Crippen molar-refractivity contribution in [3.63, 3.8) is 0 Å². The van der Waals surface area contributed by atoms with Gasteiger partial charge in [-0.1, -0.05) is 36.4 Å². The van der Waals surface area contributed by atoms with Gasteiger partial charge in [0.2, 0.25) is 0 Å². The fourth-order valence-corrected chi connectivity index (χ4v) is 3.70. The summed E-state index contributed by atoms with van der Waals surface area (Å²) in [6, 6.07) is 5.65. The number of carbonyl (C=O) groups is 1. The van der Waals surface area contributed by atoms with Crippen molar-refractivity contribution in [3.05, 3.63) is 69.5 Å². The lowest BCUT2D eigenvalue weighted by atomic mass is 9.71. The summed E-state index contributed by atoms with van der Waals surface area (Å²) < 4.78 is 1.65. The number of benzene rings is 1. The van der Waals surface area contributed by atoms with Gasteiger partial charge < -0.3 is 4.57 Å². The number of ketones is 1. The molecule has 3 heteroatoms. The number of aryl methyl sites for hydroxylation is 1. The minimum atomic E-state index is -0.182. The Kier molecular flexibility index (Phi) is 2.37. The van der Waals surface area contributed by atoms with Gasteiger partial charge in [0.05, 0.1) is 11.4 Å². The standard InChI is InChI=1S/C18H15NO2/c1-10-15-11-6-3-4-7-12(11)17(20)13-8-5-9-14(16(13)15)19(2)18(10)21/h3-9,11-12H,1-2H3. The van der Waals surface area contributed by atoms with Gasteiger partial charge >= 0.3 is 0 Å². The Morgan fingerprint density at radius 2 is 1.76 bits per heavy atom. The third-order valence-corrected chi connectivity index (χ3v) is 4.74. The van der Waals surface area contributed by atoms with Gasteiger partial charge in [-0.05, 0) is 18.6 Å². The molecule has 2 aliphatic rings. The number of allylic oxidation sites excluding steroid dienone is 4. The highest BCUT2D eigenvalue weighted by molar-refractivity contribution is 6.13. The molecule has 0 bridgehead atoms. The van der Waals surface area contributed by atoms with E-state index in [4.69, 9.17) is 0 Å². The fraction of sp³-hybridized carbons (Fsp3) is 0.222. The molecule has 21 heavy (non-hydrogen) atoms. The molecule has 2 atom stereocenters. The molecular formula is C18H15NO2. The highest BCUT2D eigenvalue weighted by Gasteiger charge is 2.37. The normalized spacial score (nSPS) is 22.7. The van der Waals surface area contributed by atoms with Crippen LogP contribution in [0.3, 0.4) is 0 Å². The second-order valence-electron chi connectivity index (χ2n) is 5.79. The molecule has 2 unspecified atom stereocenters. The molecule has 104 valence electrons. The Hall–Kier alpha value is -2.42. The lowest BCUT2D eigenvalue weighted by Crippen LogP contribution is -2.31. The lowest BCUT2D eigenvalue weighted by Gasteiger charge is -2.32. The zero-order valence-electron chi connectivity index (χ0n) is 12.0. The molecule has 1 heterocycles. The average molecular weight is 277 g/mol. The lowest BCUT2D eigenvalue weighted by molar-refractivity contribution is 0.0934. The van der Waals surface area contributed by atoms with Crippen LogP contribution >= 0.6 is 0 Å². The fourth-order valence-electron chi connectivity index (χ4n) is 3.70. The molecule has 2 aliphatic carbocycles. The minimum absolute atomic E-state index is 0.0192. The van der Waals surface area contributed by atoms with Gasteiger partial charge in [-0.15, -0.1) is 0 Å². The van der Waals surface area contributed by atoms with Crippen LogP contribution < -0.4 is 5.56 Å². The van der Waals surface area contributed by atoms with Crippen molar-refractivity contribution >= 4 is 16.7 Å². The molecule has 1 aromatic carbocycles. The van der Waals surface area contributed by atoms with Gasteiger partial charge in [-0.25, -0.2) is 0 Å². The third-order valence-electron chi connectivity index (χ3n) is 4.74. The summed E-state index contributed by atoms with van der Waals surface area (Å²) in [6.07, 6.45) is 7.87. The summed E-state index contributed by atoms with van der Waals surface area (Å²) >= 11 is 0. The van der Waals surface area contributed by atoms with Crippen LogP contribution in [0, 0.1) is 12.8 Å². The molecule has 0 N–H and O–H groups in total. The quantitative estimate of drug-likeness (QED) is 0.742. The molecule has 3 nitrogen and oxygen atoms in total. The van der Waals surface area contributed by atoms with E-state index >= 15 is 0 Å². The summed E-state index contributed by atoms with van der Waals surface area (Å²) in [5, 5.41) is 0.948. The number of Topliss-reactive ketones (excluding diaryl/α,β-unsaturated/α-hetero) is 1. The first kappa shape index (κ1) is 12.3. The van der Waals surface area contributed by atoms with E-state index < -0.39 is 0 Å². The number of carbonyl (C=O) groups excluding carboxylic acids is 1. The van der Waals surface area contributed by atoms with E-state index in [0.717, 1.165) is 27.6 Å². The van der Waals surface area contributed by atoms with E-state index in [0.29, 0.717) is 0 Å². The maximum absolute atomic E-state index is 12.8. The Labute approximate surface area is 122 Å². The van der Waals surface area contributed by atoms with Gasteiger partial charge in [-0.3, -0.25) is 9.59 Å². The van der Waals surface area contributed by atoms with Crippen molar-refractivity contribution in [1.29, 1.82) is 0 Å². The molecule has 0 radical (unpaired) electrons. The van der Waals surface area contributed by atoms with E-state index in [1.807, 2.05) is 49.4 Å². The Balaban J connectivity index is 2.25. The summed E-state index contributed by atoms with van der Waals surface area (Å²) in [5.41, 5.74) is 3.37. The molecule has 0 aliphatic heterocycles. The van der Waals surface area contributed by atoms with Crippen LogP contribution in [0.2, 0.25) is 0 Å². The zero-order chi connectivity index (χ0) is 14.7. The molecule has 0 saturated heterocycles. The summed E-state index contributed by atoms with van der Waals surface area (Å²) in [4.78, 5) is 25.3. The number of pyridine rings is 1. The predicted octanol–water partition coefficient (Wildman–Crippen LogP) is 2.87. The van der Waals surface area contributed by atoms with Crippen molar-refractivity contribution < 1.29 is 4.79 Å². The van der Waals surface area contributed by atoms with Crippen molar-refractivity contribution in [2.75, 3.05) is 0 Å². The minimum Gasteiger partial charge on any atom is -0.311 e. The Bertz CT molecular complexity index is 915. The molecule has 1 aromatic heterocycles. The van der Waals surface area contributed by atoms with Crippen molar-refractivity contribution in [3.8, 4) is 0 Å². The van der Waals surface area contributed by atoms with Gasteiger partial charge in [0, 0.05) is 29.5 Å². The summed E-state index contributed by atoms with van der Waals surface area (Å²) in [5.74, 6) is -0.0514. The highest BCUT2D eigenvalue weighted by atomic mass is 16.1.